The Kier molecular flexibility index (Phi) is 5.99. The molecule has 124 valence electrons. The second-order valence-electron chi connectivity index (χ2n) is 4.97. The third kappa shape index (κ3) is 5.01. The van der Waals surface area contributed by atoms with Gasteiger partial charge in [0.05, 0.1) is 0 Å². The van der Waals surface area contributed by atoms with Gasteiger partial charge in [0.25, 0.3) is 0 Å². The van der Waals surface area contributed by atoms with E-state index in [-0.39, 0.29) is 12.3 Å². The maximum absolute atomic E-state index is 12.5. The number of carbonyl (C=O) groups is 1. The second kappa shape index (κ2) is 7.13. The Labute approximate surface area is 127 Å². The van der Waals surface area contributed by atoms with Gasteiger partial charge in [-0.3, -0.25) is 9.52 Å². The van der Waals surface area contributed by atoms with Crippen molar-refractivity contribution >= 4 is 15.9 Å². The average molecular weight is 337 g/mol. The fourth-order valence-corrected chi connectivity index (χ4v) is 2.84. The van der Waals surface area contributed by atoms with Crippen molar-refractivity contribution < 1.29 is 26.4 Å². The van der Waals surface area contributed by atoms with Gasteiger partial charge in [-0.1, -0.05) is 37.3 Å². The van der Waals surface area contributed by atoms with Crippen molar-refractivity contribution in [3.63, 3.8) is 0 Å². The molecular formula is C14H18F3NO3S. The lowest BCUT2D eigenvalue weighted by Crippen LogP contribution is -2.44. The Bertz CT molecular complexity index is 600. The first kappa shape index (κ1) is 18.5. The fourth-order valence-electron chi connectivity index (χ4n) is 1.91. The zero-order valence-corrected chi connectivity index (χ0v) is 13.0. The van der Waals surface area contributed by atoms with Crippen molar-refractivity contribution in [3.05, 3.63) is 35.9 Å². The van der Waals surface area contributed by atoms with Crippen LogP contribution in [-0.4, -0.2) is 25.8 Å². The fraction of sp³-hybridized carbons (Fsp3) is 0.500. The van der Waals surface area contributed by atoms with Crippen LogP contribution in [0, 0.1) is 0 Å². The van der Waals surface area contributed by atoms with E-state index in [1.54, 1.807) is 30.3 Å². The summed E-state index contributed by atoms with van der Waals surface area (Å²) in [5.74, 6) is -1.19. The van der Waals surface area contributed by atoms with Crippen LogP contribution in [0.2, 0.25) is 0 Å². The SMILES string of the molecule is CCC(CC(=O)NS(=O)(=O)C(C)C(F)(F)F)c1ccccc1. The molecule has 0 aliphatic carbocycles. The maximum Gasteiger partial charge on any atom is 0.407 e. The normalized spacial score (nSPS) is 15.1. The predicted molar refractivity (Wildman–Crippen MR) is 76.7 cm³/mol. The first-order chi connectivity index (χ1) is 10.1. The number of halogens is 3. The number of benzene rings is 1. The number of amides is 1. The first-order valence-electron chi connectivity index (χ1n) is 6.74. The standard InChI is InChI=1S/C14H18F3NO3S/c1-3-11(12-7-5-4-6-8-12)9-13(19)18-22(20,21)10(2)14(15,16)17/h4-8,10-11H,3,9H2,1-2H3,(H,18,19). The minimum Gasteiger partial charge on any atom is -0.274 e. The zero-order chi connectivity index (χ0) is 17.0. The average Bonchev–Trinajstić information content (AvgIpc) is 2.43. The van der Waals surface area contributed by atoms with Gasteiger partial charge in [0.15, 0.2) is 5.25 Å². The van der Waals surface area contributed by atoms with E-state index in [1.807, 2.05) is 6.92 Å². The highest BCUT2D eigenvalue weighted by atomic mass is 32.2. The van der Waals surface area contributed by atoms with Gasteiger partial charge in [-0.25, -0.2) is 8.42 Å². The Morgan fingerprint density at radius 3 is 2.23 bits per heavy atom. The predicted octanol–water partition coefficient (Wildman–Crippen LogP) is 2.97. The Hall–Kier alpha value is -1.57. The number of hydrogen-bond donors (Lipinski definition) is 1. The third-order valence-corrected chi connectivity index (χ3v) is 5.09. The minimum absolute atomic E-state index is 0.190. The Morgan fingerprint density at radius 2 is 1.77 bits per heavy atom. The van der Waals surface area contributed by atoms with E-state index in [0.717, 1.165) is 5.56 Å². The van der Waals surface area contributed by atoms with Gasteiger partial charge < -0.3 is 0 Å². The van der Waals surface area contributed by atoms with E-state index in [4.69, 9.17) is 0 Å². The number of nitrogens with one attached hydrogen (secondary N) is 1. The van der Waals surface area contributed by atoms with Crippen LogP contribution in [0.25, 0.3) is 0 Å². The summed E-state index contributed by atoms with van der Waals surface area (Å²) in [7, 11) is -4.78. The van der Waals surface area contributed by atoms with Crippen LogP contribution in [0.1, 0.15) is 38.2 Å². The van der Waals surface area contributed by atoms with Gasteiger partial charge in [-0.15, -0.1) is 0 Å². The molecular weight excluding hydrogens is 319 g/mol. The molecule has 0 radical (unpaired) electrons. The lowest BCUT2D eigenvalue weighted by molar-refractivity contribution is -0.127. The molecule has 1 N–H and O–H groups in total. The van der Waals surface area contributed by atoms with Crippen molar-refractivity contribution in [2.75, 3.05) is 0 Å². The van der Waals surface area contributed by atoms with Crippen LogP contribution in [0.5, 0.6) is 0 Å². The Balaban J connectivity index is 2.77. The van der Waals surface area contributed by atoms with Crippen LogP contribution in [-0.2, 0) is 14.8 Å². The summed E-state index contributed by atoms with van der Waals surface area (Å²) < 4.78 is 62.0. The summed E-state index contributed by atoms with van der Waals surface area (Å²) in [6, 6.07) is 8.92. The van der Waals surface area contributed by atoms with Crippen molar-refractivity contribution in [1.29, 1.82) is 0 Å². The summed E-state index contributed by atoms with van der Waals surface area (Å²) in [4.78, 5) is 11.8. The van der Waals surface area contributed by atoms with Crippen LogP contribution in [0.4, 0.5) is 13.2 Å². The number of alkyl halides is 3. The summed E-state index contributed by atoms with van der Waals surface area (Å²) >= 11 is 0. The molecule has 0 saturated carbocycles. The van der Waals surface area contributed by atoms with Crippen molar-refractivity contribution in [2.45, 2.75) is 44.0 Å². The van der Waals surface area contributed by atoms with E-state index in [0.29, 0.717) is 13.3 Å². The highest BCUT2D eigenvalue weighted by Gasteiger charge is 2.45. The molecule has 1 amide bonds. The zero-order valence-electron chi connectivity index (χ0n) is 12.2. The summed E-state index contributed by atoms with van der Waals surface area (Å²) in [6.07, 6.45) is -4.55. The van der Waals surface area contributed by atoms with E-state index >= 15 is 0 Å². The van der Waals surface area contributed by atoms with Crippen LogP contribution < -0.4 is 4.72 Å². The molecule has 1 aromatic rings. The van der Waals surface area contributed by atoms with Gasteiger partial charge in [-0.05, 0) is 24.8 Å². The van der Waals surface area contributed by atoms with Crippen LogP contribution in [0.3, 0.4) is 0 Å². The topological polar surface area (TPSA) is 63.2 Å². The smallest absolute Gasteiger partial charge is 0.274 e. The summed E-state index contributed by atoms with van der Waals surface area (Å²) in [5.41, 5.74) is 0.835. The molecule has 1 aromatic carbocycles. The molecule has 0 spiro atoms. The van der Waals surface area contributed by atoms with E-state index in [2.05, 4.69) is 0 Å². The lowest BCUT2D eigenvalue weighted by Gasteiger charge is -2.18. The molecule has 0 heterocycles. The van der Waals surface area contributed by atoms with Crippen LogP contribution >= 0.6 is 0 Å². The van der Waals surface area contributed by atoms with Crippen molar-refractivity contribution in [1.82, 2.24) is 4.72 Å². The van der Waals surface area contributed by atoms with E-state index < -0.39 is 27.4 Å². The maximum atomic E-state index is 12.5. The largest absolute Gasteiger partial charge is 0.407 e. The quantitative estimate of drug-likeness (QED) is 0.868. The number of rotatable bonds is 6. The molecule has 0 saturated heterocycles. The number of hydrogen-bond acceptors (Lipinski definition) is 3. The molecule has 0 aromatic heterocycles. The summed E-state index contributed by atoms with van der Waals surface area (Å²) in [5, 5.41) is -2.64. The highest BCUT2D eigenvalue weighted by Crippen LogP contribution is 2.26. The molecule has 0 aliphatic rings. The van der Waals surface area contributed by atoms with Crippen molar-refractivity contribution in [3.8, 4) is 0 Å². The monoisotopic (exact) mass is 337 g/mol. The second-order valence-corrected chi connectivity index (χ2v) is 6.98. The van der Waals surface area contributed by atoms with E-state index in [9.17, 15) is 26.4 Å². The first-order valence-corrected chi connectivity index (χ1v) is 8.28. The molecule has 22 heavy (non-hydrogen) atoms. The minimum atomic E-state index is -4.92. The molecule has 1 rings (SSSR count). The number of carbonyl (C=O) groups excluding carboxylic acids is 1. The Morgan fingerprint density at radius 1 is 1.23 bits per heavy atom. The summed E-state index contributed by atoms with van der Waals surface area (Å²) in [6.45, 7) is 2.32. The molecule has 4 nitrogen and oxygen atoms in total. The van der Waals surface area contributed by atoms with Crippen LogP contribution in [0.15, 0.2) is 30.3 Å². The molecule has 2 unspecified atom stereocenters. The van der Waals surface area contributed by atoms with Gasteiger partial charge in [-0.2, -0.15) is 13.2 Å². The highest BCUT2D eigenvalue weighted by molar-refractivity contribution is 7.90. The van der Waals surface area contributed by atoms with Gasteiger partial charge in [0, 0.05) is 6.42 Å². The molecule has 0 aliphatic heterocycles. The van der Waals surface area contributed by atoms with Gasteiger partial charge in [0.1, 0.15) is 0 Å². The van der Waals surface area contributed by atoms with Crippen molar-refractivity contribution in [2.24, 2.45) is 0 Å². The molecule has 8 heteroatoms. The molecule has 0 fully saturated rings. The van der Waals surface area contributed by atoms with Gasteiger partial charge in [0.2, 0.25) is 15.9 Å². The van der Waals surface area contributed by atoms with Gasteiger partial charge >= 0.3 is 6.18 Å². The number of sulfonamides is 1. The molecule has 2 atom stereocenters. The van der Waals surface area contributed by atoms with E-state index in [1.165, 1.54) is 4.72 Å². The lowest BCUT2D eigenvalue weighted by atomic mass is 9.93. The molecule has 0 bridgehead atoms. The third-order valence-electron chi connectivity index (χ3n) is 3.38.